The smallest absolute Gasteiger partial charge is 0.253 e. The molecule has 3 heteroatoms. The minimum absolute atomic E-state index is 0.379. The Balaban J connectivity index is 3.69. The van der Waals surface area contributed by atoms with Crippen molar-refractivity contribution in [3.8, 4) is 0 Å². The number of alkyl halides is 2. The van der Waals surface area contributed by atoms with E-state index in [1.54, 1.807) is 0 Å². The van der Waals surface area contributed by atoms with Gasteiger partial charge in [0, 0.05) is 0 Å². The van der Waals surface area contributed by atoms with Crippen LogP contribution in [-0.4, -0.2) is 12.5 Å². The topological polar surface area (TPSA) is 26.0 Å². The molecule has 0 rings (SSSR count). The van der Waals surface area contributed by atoms with Gasteiger partial charge in [-0.3, -0.25) is 0 Å². The van der Waals surface area contributed by atoms with Crippen molar-refractivity contribution in [3.05, 3.63) is 0 Å². The number of hydrogen-bond acceptors (Lipinski definition) is 1. The molecule has 2 unspecified atom stereocenters. The average molecular weight is 193 g/mol. The zero-order chi connectivity index (χ0) is 10.3. The molecule has 0 fully saturated rings. The summed E-state index contributed by atoms with van der Waals surface area (Å²) in [5.41, 5.74) is 5.31. The molecule has 0 spiro atoms. The van der Waals surface area contributed by atoms with Crippen LogP contribution in [0.15, 0.2) is 0 Å². The number of rotatable bonds is 7. The van der Waals surface area contributed by atoms with Crippen molar-refractivity contribution in [2.24, 2.45) is 11.7 Å². The van der Waals surface area contributed by atoms with Gasteiger partial charge in [-0.25, -0.2) is 8.78 Å². The molecule has 2 N–H and O–H groups in total. The Morgan fingerprint density at radius 2 is 1.85 bits per heavy atom. The molecule has 0 heterocycles. The van der Waals surface area contributed by atoms with Gasteiger partial charge in [0.2, 0.25) is 0 Å². The second-order valence-electron chi connectivity index (χ2n) is 3.65. The predicted molar refractivity (Wildman–Crippen MR) is 51.9 cm³/mol. The van der Waals surface area contributed by atoms with Gasteiger partial charge in [0.15, 0.2) is 0 Å². The van der Waals surface area contributed by atoms with Gasteiger partial charge in [0.1, 0.15) is 0 Å². The third-order valence-corrected chi connectivity index (χ3v) is 2.47. The minimum Gasteiger partial charge on any atom is -0.323 e. The molecule has 0 radical (unpaired) electrons. The summed E-state index contributed by atoms with van der Waals surface area (Å²) >= 11 is 0. The summed E-state index contributed by atoms with van der Waals surface area (Å²) in [6.45, 7) is 4.15. The summed E-state index contributed by atoms with van der Waals surface area (Å²) in [5.74, 6) is 0.379. The molecular weight excluding hydrogens is 172 g/mol. The lowest BCUT2D eigenvalue weighted by Crippen LogP contribution is -2.31. The summed E-state index contributed by atoms with van der Waals surface area (Å²) in [6.07, 6.45) is 2.34. The summed E-state index contributed by atoms with van der Waals surface area (Å²) < 4.78 is 24.2. The molecule has 80 valence electrons. The average Bonchev–Trinajstić information content (AvgIpc) is 2.11. The quantitative estimate of drug-likeness (QED) is 0.660. The van der Waals surface area contributed by atoms with Crippen molar-refractivity contribution in [2.45, 2.75) is 58.4 Å². The summed E-state index contributed by atoms with van der Waals surface area (Å²) in [7, 11) is 0. The molecule has 0 aromatic carbocycles. The summed E-state index contributed by atoms with van der Waals surface area (Å²) in [5, 5.41) is 0. The second kappa shape index (κ2) is 7.25. The van der Waals surface area contributed by atoms with Crippen LogP contribution in [-0.2, 0) is 0 Å². The predicted octanol–water partition coefficient (Wildman–Crippen LogP) is 3.19. The largest absolute Gasteiger partial charge is 0.323 e. The fourth-order valence-electron chi connectivity index (χ4n) is 1.47. The zero-order valence-corrected chi connectivity index (χ0v) is 8.60. The van der Waals surface area contributed by atoms with E-state index in [2.05, 4.69) is 6.92 Å². The van der Waals surface area contributed by atoms with E-state index < -0.39 is 12.5 Å². The summed E-state index contributed by atoms with van der Waals surface area (Å²) in [6, 6.07) is -0.929. The molecule has 2 atom stereocenters. The monoisotopic (exact) mass is 193 g/mol. The van der Waals surface area contributed by atoms with Crippen LogP contribution in [0.25, 0.3) is 0 Å². The maximum atomic E-state index is 12.1. The number of unbranched alkanes of at least 4 members (excludes halogenated alkanes) is 1. The van der Waals surface area contributed by atoms with Gasteiger partial charge in [-0.05, 0) is 12.3 Å². The maximum absolute atomic E-state index is 12.1. The lowest BCUT2D eigenvalue weighted by atomic mass is 9.92. The first kappa shape index (κ1) is 12.8. The first-order valence-electron chi connectivity index (χ1n) is 5.15. The van der Waals surface area contributed by atoms with Crippen LogP contribution >= 0.6 is 0 Å². The van der Waals surface area contributed by atoms with Crippen LogP contribution < -0.4 is 5.73 Å². The third kappa shape index (κ3) is 5.97. The molecule has 0 bridgehead atoms. The first-order valence-corrected chi connectivity index (χ1v) is 5.15. The van der Waals surface area contributed by atoms with Gasteiger partial charge < -0.3 is 5.73 Å². The Kier molecular flexibility index (Phi) is 7.14. The van der Waals surface area contributed by atoms with E-state index in [1.807, 2.05) is 6.92 Å². The molecule has 0 aromatic heterocycles. The van der Waals surface area contributed by atoms with Gasteiger partial charge in [-0.1, -0.05) is 39.5 Å². The van der Waals surface area contributed by atoms with Gasteiger partial charge >= 0.3 is 0 Å². The van der Waals surface area contributed by atoms with E-state index in [4.69, 9.17) is 5.73 Å². The Bertz CT molecular complexity index is 117. The minimum atomic E-state index is -2.37. The number of hydrogen-bond donors (Lipinski definition) is 1. The van der Waals surface area contributed by atoms with Crippen LogP contribution in [0.1, 0.15) is 46.0 Å². The SMILES string of the molecule is CCCCC(CC)CC(N)C(F)F. The van der Waals surface area contributed by atoms with Crippen molar-refractivity contribution in [1.29, 1.82) is 0 Å². The van der Waals surface area contributed by atoms with E-state index in [1.165, 1.54) is 0 Å². The Hall–Kier alpha value is -0.180. The highest BCUT2D eigenvalue weighted by atomic mass is 19.3. The van der Waals surface area contributed by atoms with Crippen LogP contribution in [0.5, 0.6) is 0 Å². The van der Waals surface area contributed by atoms with Crippen molar-refractivity contribution < 1.29 is 8.78 Å². The molecule has 0 aliphatic rings. The summed E-state index contributed by atoms with van der Waals surface area (Å²) in [4.78, 5) is 0. The fourth-order valence-corrected chi connectivity index (χ4v) is 1.47. The van der Waals surface area contributed by atoms with Crippen molar-refractivity contribution >= 4 is 0 Å². The number of nitrogens with two attached hydrogens (primary N) is 1. The molecule has 0 aliphatic heterocycles. The van der Waals surface area contributed by atoms with E-state index in [-0.39, 0.29) is 0 Å². The van der Waals surface area contributed by atoms with Gasteiger partial charge in [-0.15, -0.1) is 0 Å². The van der Waals surface area contributed by atoms with Gasteiger partial charge in [-0.2, -0.15) is 0 Å². The van der Waals surface area contributed by atoms with Crippen molar-refractivity contribution in [3.63, 3.8) is 0 Å². The molecule has 0 aliphatic carbocycles. The van der Waals surface area contributed by atoms with Crippen LogP contribution in [0.2, 0.25) is 0 Å². The normalized spacial score (nSPS) is 16.2. The van der Waals surface area contributed by atoms with Crippen molar-refractivity contribution in [2.75, 3.05) is 0 Å². The molecule has 0 saturated heterocycles. The molecule has 1 nitrogen and oxygen atoms in total. The lowest BCUT2D eigenvalue weighted by Gasteiger charge is -2.18. The highest BCUT2D eigenvalue weighted by Crippen LogP contribution is 2.19. The Morgan fingerprint density at radius 3 is 2.23 bits per heavy atom. The van der Waals surface area contributed by atoms with Gasteiger partial charge in [0.25, 0.3) is 6.43 Å². The highest BCUT2D eigenvalue weighted by molar-refractivity contribution is 4.69. The zero-order valence-electron chi connectivity index (χ0n) is 8.60. The first-order chi connectivity index (χ1) is 6.11. The number of halogens is 2. The molecule has 0 aromatic rings. The maximum Gasteiger partial charge on any atom is 0.253 e. The molecule has 0 saturated carbocycles. The van der Waals surface area contributed by atoms with Gasteiger partial charge in [0.05, 0.1) is 6.04 Å². The van der Waals surface area contributed by atoms with E-state index in [9.17, 15) is 8.78 Å². The Morgan fingerprint density at radius 1 is 1.23 bits per heavy atom. The van der Waals surface area contributed by atoms with Crippen LogP contribution in [0.4, 0.5) is 8.78 Å². The van der Waals surface area contributed by atoms with E-state index >= 15 is 0 Å². The Labute approximate surface area is 79.7 Å². The molecule has 0 amide bonds. The van der Waals surface area contributed by atoms with Crippen LogP contribution in [0.3, 0.4) is 0 Å². The van der Waals surface area contributed by atoms with E-state index in [0.29, 0.717) is 12.3 Å². The lowest BCUT2D eigenvalue weighted by molar-refractivity contribution is 0.102. The standard InChI is InChI=1S/C10H21F2N/c1-3-5-6-8(4-2)7-9(13)10(11)12/h8-10H,3-7,13H2,1-2H3. The fraction of sp³-hybridized carbons (Fsp3) is 1.00. The molecular formula is C10H21F2N. The van der Waals surface area contributed by atoms with E-state index in [0.717, 1.165) is 25.7 Å². The third-order valence-electron chi connectivity index (χ3n) is 2.47. The van der Waals surface area contributed by atoms with Crippen molar-refractivity contribution in [1.82, 2.24) is 0 Å². The highest BCUT2D eigenvalue weighted by Gasteiger charge is 2.19. The molecule has 13 heavy (non-hydrogen) atoms. The second-order valence-corrected chi connectivity index (χ2v) is 3.65. The van der Waals surface area contributed by atoms with Crippen LogP contribution in [0, 0.1) is 5.92 Å².